The van der Waals surface area contributed by atoms with Gasteiger partial charge in [0.2, 0.25) is 5.78 Å². The van der Waals surface area contributed by atoms with Crippen LogP contribution in [0.4, 0.5) is 4.39 Å². The van der Waals surface area contributed by atoms with E-state index in [1.807, 2.05) is 14.1 Å². The molecule has 0 spiro atoms. The van der Waals surface area contributed by atoms with Gasteiger partial charge in [0.05, 0.1) is 25.2 Å². The predicted molar refractivity (Wildman–Crippen MR) is 84.0 cm³/mol. The molecular weight excluding hydrogens is 297 g/mol. The first-order valence-corrected chi connectivity index (χ1v) is 7.29. The summed E-state index contributed by atoms with van der Waals surface area (Å²) < 4.78 is 19.0. The summed E-state index contributed by atoms with van der Waals surface area (Å²) in [4.78, 5) is 13.5. The highest BCUT2D eigenvalue weighted by Gasteiger charge is 2.31. The summed E-state index contributed by atoms with van der Waals surface area (Å²) in [6.45, 7) is 0.523. The van der Waals surface area contributed by atoms with Crippen molar-refractivity contribution in [1.29, 1.82) is 0 Å². The van der Waals surface area contributed by atoms with Gasteiger partial charge < -0.3 is 14.7 Å². The summed E-state index contributed by atoms with van der Waals surface area (Å²) in [5, 5.41) is 10.0. The number of allylic oxidation sites excluding steroid dienone is 1. The number of fused-ring (bicyclic) bond motifs is 1. The third-order valence-electron chi connectivity index (χ3n) is 3.59. The van der Waals surface area contributed by atoms with Crippen molar-refractivity contribution in [3.63, 3.8) is 0 Å². The number of phenols is 1. The van der Waals surface area contributed by atoms with E-state index in [2.05, 4.69) is 0 Å². The Labute approximate surface area is 133 Å². The zero-order valence-electron chi connectivity index (χ0n) is 12.9. The summed E-state index contributed by atoms with van der Waals surface area (Å²) in [7, 11) is 3.89. The molecule has 0 aliphatic carbocycles. The zero-order valence-corrected chi connectivity index (χ0v) is 12.9. The normalized spacial score (nSPS) is 15.1. The monoisotopic (exact) mass is 314 g/mol. The smallest absolute Gasteiger partial charge is 0.231 e. The van der Waals surface area contributed by atoms with Gasteiger partial charge in [-0.1, -0.05) is 12.1 Å². The second-order valence-corrected chi connectivity index (χ2v) is 5.82. The molecule has 0 radical (unpaired) electrons. The first kappa shape index (κ1) is 15.2. The Morgan fingerprint density at radius 3 is 2.74 bits per heavy atom. The Morgan fingerprint density at radius 1 is 1.26 bits per heavy atom. The molecule has 2 aromatic carbocycles. The van der Waals surface area contributed by atoms with Crippen molar-refractivity contribution >= 4 is 11.9 Å². The van der Waals surface area contributed by atoms with E-state index in [1.165, 1.54) is 24.3 Å². The van der Waals surface area contributed by atoms with Gasteiger partial charge in [-0.3, -0.25) is 4.79 Å². The molecule has 0 amide bonds. The fourth-order valence-corrected chi connectivity index (χ4v) is 2.57. The van der Waals surface area contributed by atoms with Crippen LogP contribution in [0.25, 0.3) is 6.08 Å². The standard InChI is InChI=1S/C18H16FNO3/c1-20(2)10-14-15(21)7-6-13-17(22)16(23-18(13)14)9-11-4-3-5-12(19)8-11/h3-9,21H,10H2,1-2H3/p+1/b16-9-. The van der Waals surface area contributed by atoms with Crippen molar-refractivity contribution in [2.45, 2.75) is 6.54 Å². The molecule has 3 rings (SSSR count). The number of hydrogen-bond acceptors (Lipinski definition) is 3. The molecule has 0 saturated heterocycles. The molecule has 4 nitrogen and oxygen atoms in total. The minimum absolute atomic E-state index is 0.102. The minimum Gasteiger partial charge on any atom is -0.507 e. The fourth-order valence-electron chi connectivity index (χ4n) is 2.57. The third-order valence-corrected chi connectivity index (χ3v) is 3.59. The van der Waals surface area contributed by atoms with Gasteiger partial charge in [-0.05, 0) is 35.9 Å². The molecule has 23 heavy (non-hydrogen) atoms. The van der Waals surface area contributed by atoms with Crippen molar-refractivity contribution in [3.8, 4) is 11.5 Å². The maximum atomic E-state index is 13.3. The van der Waals surface area contributed by atoms with Crippen LogP contribution >= 0.6 is 0 Å². The first-order valence-electron chi connectivity index (χ1n) is 7.29. The maximum Gasteiger partial charge on any atom is 0.231 e. The molecule has 0 saturated carbocycles. The van der Waals surface area contributed by atoms with Crippen LogP contribution in [0.5, 0.6) is 11.5 Å². The van der Waals surface area contributed by atoms with E-state index in [1.54, 1.807) is 18.2 Å². The number of hydrogen-bond donors (Lipinski definition) is 2. The molecule has 0 unspecified atom stereocenters. The average molecular weight is 314 g/mol. The van der Waals surface area contributed by atoms with Gasteiger partial charge in [0.1, 0.15) is 18.1 Å². The molecular formula is C18H17FNO3+. The van der Waals surface area contributed by atoms with E-state index in [-0.39, 0.29) is 23.1 Å². The summed E-state index contributed by atoms with van der Waals surface area (Å²) in [6.07, 6.45) is 1.51. The lowest BCUT2D eigenvalue weighted by atomic mass is 10.0. The number of benzene rings is 2. The Kier molecular flexibility index (Phi) is 3.88. The van der Waals surface area contributed by atoms with Gasteiger partial charge in [-0.25, -0.2) is 4.39 Å². The van der Waals surface area contributed by atoms with E-state index >= 15 is 0 Å². The van der Waals surface area contributed by atoms with Gasteiger partial charge in [-0.2, -0.15) is 0 Å². The van der Waals surface area contributed by atoms with Gasteiger partial charge in [-0.15, -0.1) is 0 Å². The van der Waals surface area contributed by atoms with E-state index in [4.69, 9.17) is 4.74 Å². The maximum absolute atomic E-state index is 13.3. The van der Waals surface area contributed by atoms with Crippen LogP contribution < -0.4 is 9.64 Å². The Morgan fingerprint density at radius 2 is 2.04 bits per heavy atom. The van der Waals surface area contributed by atoms with Crippen molar-refractivity contribution in [2.75, 3.05) is 14.1 Å². The number of aromatic hydroxyl groups is 1. The lowest BCUT2D eigenvalue weighted by Crippen LogP contribution is -3.04. The van der Waals surface area contributed by atoms with Crippen LogP contribution in [0.1, 0.15) is 21.5 Å². The highest BCUT2D eigenvalue weighted by molar-refractivity contribution is 6.14. The third kappa shape index (κ3) is 2.96. The average Bonchev–Trinajstić information content (AvgIpc) is 2.79. The fraction of sp³-hybridized carbons (Fsp3) is 0.167. The largest absolute Gasteiger partial charge is 0.507 e. The number of rotatable bonds is 3. The van der Waals surface area contributed by atoms with E-state index in [0.717, 1.165) is 4.90 Å². The molecule has 2 N–H and O–H groups in total. The van der Waals surface area contributed by atoms with Gasteiger partial charge in [0.25, 0.3) is 0 Å². The Bertz CT molecular complexity index is 812. The summed E-state index contributed by atoms with van der Waals surface area (Å²) in [5.74, 6) is -0.0223. The van der Waals surface area contributed by atoms with Crippen molar-refractivity contribution in [1.82, 2.24) is 0 Å². The summed E-state index contributed by atoms with van der Waals surface area (Å²) >= 11 is 0. The number of ketones is 1. The number of halogens is 1. The Hall–Kier alpha value is -2.66. The first-order chi connectivity index (χ1) is 11.0. The minimum atomic E-state index is -0.378. The number of phenolic OH excluding ortho intramolecular Hbond substituents is 1. The molecule has 2 aromatic rings. The van der Waals surface area contributed by atoms with Crippen molar-refractivity contribution < 1.29 is 23.9 Å². The van der Waals surface area contributed by atoms with Crippen LogP contribution in [-0.2, 0) is 6.54 Å². The number of quaternary nitrogens is 1. The number of carbonyl (C=O) groups is 1. The van der Waals surface area contributed by atoms with Gasteiger partial charge in [0, 0.05) is 0 Å². The van der Waals surface area contributed by atoms with E-state index in [9.17, 15) is 14.3 Å². The van der Waals surface area contributed by atoms with Gasteiger partial charge in [0.15, 0.2) is 11.5 Å². The quantitative estimate of drug-likeness (QED) is 0.849. The summed E-state index contributed by atoms with van der Waals surface area (Å²) in [6, 6.07) is 8.98. The van der Waals surface area contributed by atoms with E-state index in [0.29, 0.717) is 29.0 Å². The molecule has 0 atom stereocenters. The van der Waals surface area contributed by atoms with Crippen LogP contribution in [0.2, 0.25) is 0 Å². The Balaban J connectivity index is 2.02. The molecule has 0 fully saturated rings. The van der Waals surface area contributed by atoms with Gasteiger partial charge >= 0.3 is 0 Å². The number of carbonyl (C=O) groups excluding carboxylic acids is 1. The lowest BCUT2D eigenvalue weighted by Gasteiger charge is -2.11. The topological polar surface area (TPSA) is 51.0 Å². The molecule has 0 bridgehead atoms. The molecule has 1 aliphatic heterocycles. The molecule has 5 heteroatoms. The molecule has 0 aromatic heterocycles. The lowest BCUT2D eigenvalue weighted by molar-refractivity contribution is -0.872. The van der Waals surface area contributed by atoms with Crippen LogP contribution in [-0.4, -0.2) is 25.0 Å². The van der Waals surface area contributed by atoms with E-state index < -0.39 is 0 Å². The highest BCUT2D eigenvalue weighted by atomic mass is 19.1. The van der Waals surface area contributed by atoms with Crippen LogP contribution in [0.15, 0.2) is 42.2 Å². The molecule has 1 heterocycles. The second-order valence-electron chi connectivity index (χ2n) is 5.82. The number of ether oxygens (including phenoxy) is 1. The van der Waals surface area contributed by atoms with Crippen molar-refractivity contribution in [2.24, 2.45) is 0 Å². The number of Topliss-reactive ketones (excluding diaryl/α,β-unsaturated/α-hetero) is 1. The summed E-state index contributed by atoms with van der Waals surface area (Å²) in [5.41, 5.74) is 1.56. The number of nitrogens with one attached hydrogen (secondary N) is 1. The SMILES string of the molecule is C[NH+](C)Cc1c(O)ccc2c1O/C(=C\c1cccc(F)c1)C2=O. The second kappa shape index (κ2) is 5.85. The zero-order chi connectivity index (χ0) is 16.6. The van der Waals surface area contributed by atoms with Crippen molar-refractivity contribution in [3.05, 3.63) is 64.7 Å². The predicted octanol–water partition coefficient (Wildman–Crippen LogP) is 1.79. The highest BCUT2D eigenvalue weighted by Crippen LogP contribution is 2.39. The molecule has 118 valence electrons. The molecule has 1 aliphatic rings. The van der Waals surface area contributed by atoms with Crippen LogP contribution in [0.3, 0.4) is 0 Å². The van der Waals surface area contributed by atoms with Crippen LogP contribution in [0, 0.1) is 5.82 Å².